The van der Waals surface area contributed by atoms with Gasteiger partial charge in [0, 0.05) is 32.2 Å². The van der Waals surface area contributed by atoms with Crippen molar-refractivity contribution < 1.29 is 9.53 Å². The summed E-state index contributed by atoms with van der Waals surface area (Å²) in [5, 5.41) is 2.82. The van der Waals surface area contributed by atoms with Gasteiger partial charge in [-0.2, -0.15) is 0 Å². The van der Waals surface area contributed by atoms with Crippen LogP contribution in [-0.2, 0) is 4.74 Å². The Hall–Kier alpha value is -1.66. The fourth-order valence-electron chi connectivity index (χ4n) is 1.71. The van der Waals surface area contributed by atoms with Gasteiger partial charge in [0.15, 0.2) is 0 Å². The van der Waals surface area contributed by atoms with E-state index in [1.54, 1.807) is 12.3 Å². The van der Waals surface area contributed by atoms with Crippen molar-refractivity contribution in [2.24, 2.45) is 11.8 Å². The third-order valence-corrected chi connectivity index (χ3v) is 3.02. The first-order chi connectivity index (χ1) is 9.31. The summed E-state index contributed by atoms with van der Waals surface area (Å²) in [6, 6.07) is 1.66. The summed E-state index contributed by atoms with van der Waals surface area (Å²) in [7, 11) is 0. The fraction of sp³-hybridized carbons (Fsp3) is 0.538. The maximum atomic E-state index is 11.9. The van der Waals surface area contributed by atoms with E-state index in [2.05, 4.69) is 15.7 Å². The molecule has 1 heterocycles. The minimum Gasteiger partial charge on any atom is -0.381 e. The van der Waals surface area contributed by atoms with Gasteiger partial charge in [0.1, 0.15) is 0 Å². The predicted molar refractivity (Wildman–Crippen MR) is 72.5 cm³/mol. The molecule has 1 aromatic heterocycles. The number of anilines is 1. The predicted octanol–water partition coefficient (Wildman–Crippen LogP) is 0.914. The zero-order valence-electron chi connectivity index (χ0n) is 10.9. The van der Waals surface area contributed by atoms with Crippen molar-refractivity contribution in [2.45, 2.75) is 19.3 Å². The van der Waals surface area contributed by atoms with Gasteiger partial charge in [-0.15, -0.1) is 0 Å². The molecule has 19 heavy (non-hydrogen) atoms. The summed E-state index contributed by atoms with van der Waals surface area (Å²) in [5.41, 5.74) is 3.50. The third-order valence-electron chi connectivity index (χ3n) is 3.02. The van der Waals surface area contributed by atoms with Crippen molar-refractivity contribution in [3.05, 3.63) is 24.0 Å². The molecule has 1 amide bonds. The smallest absolute Gasteiger partial charge is 0.255 e. The maximum Gasteiger partial charge on any atom is 0.255 e. The minimum absolute atomic E-state index is 0.178. The average molecular weight is 264 g/mol. The number of pyridine rings is 1. The monoisotopic (exact) mass is 264 g/mol. The Morgan fingerprint density at radius 2 is 2.37 bits per heavy atom. The second-order valence-electron chi connectivity index (χ2n) is 4.69. The number of nitrogens with one attached hydrogen (secondary N) is 2. The van der Waals surface area contributed by atoms with Crippen LogP contribution in [0.3, 0.4) is 0 Å². The Labute approximate surface area is 112 Å². The van der Waals surface area contributed by atoms with E-state index < -0.39 is 0 Å². The minimum atomic E-state index is -0.178. The molecule has 0 aromatic carbocycles. The molecule has 0 unspecified atom stereocenters. The van der Waals surface area contributed by atoms with Gasteiger partial charge >= 0.3 is 0 Å². The first-order valence-corrected chi connectivity index (χ1v) is 6.58. The van der Waals surface area contributed by atoms with Crippen molar-refractivity contribution in [2.75, 3.05) is 25.2 Å². The van der Waals surface area contributed by atoms with Crippen LogP contribution in [0.4, 0.5) is 5.69 Å². The lowest BCUT2D eigenvalue weighted by molar-refractivity contribution is 0.0938. The molecular formula is C13H20N4O2. The lowest BCUT2D eigenvalue weighted by atomic mass is 10.2. The number of amides is 1. The van der Waals surface area contributed by atoms with Crippen LogP contribution < -0.4 is 16.6 Å². The van der Waals surface area contributed by atoms with Gasteiger partial charge in [0.2, 0.25) is 0 Å². The van der Waals surface area contributed by atoms with Crippen molar-refractivity contribution in [1.29, 1.82) is 0 Å². The Balaban J connectivity index is 1.65. The first-order valence-electron chi connectivity index (χ1n) is 6.58. The highest BCUT2D eigenvalue weighted by Gasteiger charge is 2.20. The number of nitrogen functional groups attached to an aromatic ring is 1. The lowest BCUT2D eigenvalue weighted by Crippen LogP contribution is -2.27. The third kappa shape index (κ3) is 4.50. The van der Waals surface area contributed by atoms with Gasteiger partial charge in [0.05, 0.1) is 11.3 Å². The van der Waals surface area contributed by atoms with Crippen LogP contribution >= 0.6 is 0 Å². The van der Waals surface area contributed by atoms with Gasteiger partial charge in [-0.25, -0.2) is 0 Å². The highest BCUT2D eigenvalue weighted by Crippen LogP contribution is 2.28. The van der Waals surface area contributed by atoms with Crippen LogP contribution in [0.1, 0.15) is 29.6 Å². The molecule has 6 heteroatoms. The Kier molecular flexibility index (Phi) is 5.11. The van der Waals surface area contributed by atoms with E-state index in [4.69, 9.17) is 10.6 Å². The SMILES string of the molecule is NNc1ccncc1C(=O)NCCCOCC1CC1. The van der Waals surface area contributed by atoms with Crippen molar-refractivity contribution in [1.82, 2.24) is 10.3 Å². The van der Waals surface area contributed by atoms with Gasteiger partial charge in [-0.1, -0.05) is 0 Å². The molecule has 0 bridgehead atoms. The molecule has 1 saturated carbocycles. The van der Waals surface area contributed by atoms with E-state index in [1.165, 1.54) is 19.0 Å². The van der Waals surface area contributed by atoms with Crippen molar-refractivity contribution in [3.63, 3.8) is 0 Å². The highest BCUT2D eigenvalue weighted by molar-refractivity contribution is 5.99. The number of ether oxygens (including phenoxy) is 1. The number of nitrogens with two attached hydrogens (primary N) is 1. The van der Waals surface area contributed by atoms with Gasteiger partial charge in [-0.3, -0.25) is 15.6 Å². The van der Waals surface area contributed by atoms with Gasteiger partial charge < -0.3 is 15.5 Å². The molecule has 1 fully saturated rings. The highest BCUT2D eigenvalue weighted by atomic mass is 16.5. The number of nitrogens with zero attached hydrogens (tertiary/aromatic N) is 1. The average Bonchev–Trinajstić information content (AvgIpc) is 3.26. The quantitative estimate of drug-likeness (QED) is 0.369. The lowest BCUT2D eigenvalue weighted by Gasteiger charge is -2.09. The Morgan fingerprint density at radius 3 is 3.11 bits per heavy atom. The molecule has 1 aromatic rings. The van der Waals surface area contributed by atoms with Crippen LogP contribution in [0.15, 0.2) is 18.5 Å². The van der Waals surface area contributed by atoms with Crippen LogP contribution in [-0.4, -0.2) is 30.6 Å². The summed E-state index contributed by atoms with van der Waals surface area (Å²) in [6.45, 7) is 2.13. The van der Waals surface area contributed by atoms with Crippen LogP contribution in [0.2, 0.25) is 0 Å². The van der Waals surface area contributed by atoms with Crippen LogP contribution in [0.5, 0.6) is 0 Å². The topological polar surface area (TPSA) is 89.3 Å². The summed E-state index contributed by atoms with van der Waals surface area (Å²) in [5.74, 6) is 5.94. The van der Waals surface area contributed by atoms with Gasteiger partial charge in [-0.05, 0) is 31.2 Å². The van der Waals surface area contributed by atoms with E-state index >= 15 is 0 Å². The molecule has 1 aliphatic rings. The zero-order valence-corrected chi connectivity index (χ0v) is 10.9. The van der Waals surface area contributed by atoms with E-state index in [9.17, 15) is 4.79 Å². The number of rotatable bonds is 8. The molecule has 104 valence electrons. The standard InChI is InChI=1S/C13H20N4O2/c14-17-12-4-6-15-8-11(12)13(18)16-5-1-7-19-9-10-2-3-10/h4,6,8,10H,1-3,5,7,9,14H2,(H,15,17)(H,16,18). The first kappa shape index (κ1) is 13.8. The molecule has 2 rings (SSSR count). The zero-order chi connectivity index (χ0) is 13.5. The molecule has 1 aliphatic carbocycles. The summed E-state index contributed by atoms with van der Waals surface area (Å²) in [6.07, 6.45) is 6.48. The molecule has 0 saturated heterocycles. The number of carbonyl (C=O) groups is 1. The second kappa shape index (κ2) is 7.06. The number of hydrazine groups is 1. The second-order valence-corrected chi connectivity index (χ2v) is 4.69. The Morgan fingerprint density at radius 1 is 1.53 bits per heavy atom. The molecular weight excluding hydrogens is 244 g/mol. The number of hydrogen-bond donors (Lipinski definition) is 3. The molecule has 0 aliphatic heterocycles. The van der Waals surface area contributed by atoms with E-state index in [0.717, 1.165) is 18.9 Å². The van der Waals surface area contributed by atoms with Crippen molar-refractivity contribution >= 4 is 11.6 Å². The maximum absolute atomic E-state index is 11.9. The fourth-order valence-corrected chi connectivity index (χ4v) is 1.71. The van der Waals surface area contributed by atoms with E-state index in [1.807, 2.05) is 0 Å². The number of hydrogen-bond acceptors (Lipinski definition) is 5. The van der Waals surface area contributed by atoms with Crippen LogP contribution in [0, 0.1) is 5.92 Å². The Bertz CT molecular complexity index is 421. The largest absolute Gasteiger partial charge is 0.381 e. The molecule has 0 spiro atoms. The number of aromatic nitrogens is 1. The van der Waals surface area contributed by atoms with Crippen LogP contribution in [0.25, 0.3) is 0 Å². The molecule has 6 nitrogen and oxygen atoms in total. The van der Waals surface area contributed by atoms with Gasteiger partial charge in [0.25, 0.3) is 5.91 Å². The summed E-state index contributed by atoms with van der Waals surface area (Å²) in [4.78, 5) is 15.8. The summed E-state index contributed by atoms with van der Waals surface area (Å²) >= 11 is 0. The normalized spacial score (nSPS) is 14.2. The van der Waals surface area contributed by atoms with E-state index in [-0.39, 0.29) is 5.91 Å². The molecule has 4 N–H and O–H groups in total. The molecule has 0 radical (unpaired) electrons. The van der Waals surface area contributed by atoms with E-state index in [0.29, 0.717) is 24.4 Å². The van der Waals surface area contributed by atoms with Crippen molar-refractivity contribution in [3.8, 4) is 0 Å². The number of carbonyl (C=O) groups excluding carboxylic acids is 1. The molecule has 0 atom stereocenters. The summed E-state index contributed by atoms with van der Waals surface area (Å²) < 4.78 is 5.49.